The number of rotatable bonds is 3. The minimum Gasteiger partial charge on any atom is -0.480 e. The molecule has 2 heterocycles. The number of hydrogen-bond donors (Lipinski definition) is 2. The number of aromatic nitrogens is 2. The number of hydrogen-bond acceptors (Lipinski definition) is 4. The molecule has 0 saturated carbocycles. The van der Waals surface area contributed by atoms with Gasteiger partial charge < -0.3 is 15.7 Å². The topological polar surface area (TPSA) is 101 Å². The van der Waals surface area contributed by atoms with Crippen LogP contribution in [0.2, 0.25) is 0 Å². The van der Waals surface area contributed by atoms with E-state index in [0.29, 0.717) is 18.5 Å². The number of amides is 1. The summed E-state index contributed by atoms with van der Waals surface area (Å²) in [5.74, 6) is -1.34. The number of aryl methyl sites for hydroxylation is 1. The van der Waals surface area contributed by atoms with Crippen molar-refractivity contribution in [3.63, 3.8) is 0 Å². The number of carbonyl (C=O) groups is 2. The van der Waals surface area contributed by atoms with Crippen LogP contribution in [0.5, 0.6) is 0 Å². The highest BCUT2D eigenvalue weighted by molar-refractivity contribution is 5.90. The molecule has 110 valence electrons. The smallest absolute Gasteiger partial charge is 0.329 e. The lowest BCUT2D eigenvalue weighted by atomic mass is 9.87. The number of carbonyl (C=O) groups excluding carboxylic acids is 1. The Morgan fingerprint density at radius 3 is 2.75 bits per heavy atom. The Balaban J connectivity index is 2.24. The van der Waals surface area contributed by atoms with E-state index >= 15 is 0 Å². The first-order chi connectivity index (χ1) is 9.36. The van der Waals surface area contributed by atoms with Crippen molar-refractivity contribution in [3.8, 4) is 0 Å². The largest absolute Gasteiger partial charge is 0.480 e. The average molecular weight is 280 g/mol. The fourth-order valence-corrected chi connectivity index (χ4v) is 2.61. The van der Waals surface area contributed by atoms with Gasteiger partial charge in [0, 0.05) is 25.4 Å². The number of likely N-dealkylation sites (tertiary alicyclic amines) is 1. The molecule has 0 aromatic carbocycles. The van der Waals surface area contributed by atoms with Crippen LogP contribution in [0.1, 0.15) is 37.8 Å². The molecule has 7 nitrogen and oxygen atoms in total. The van der Waals surface area contributed by atoms with Gasteiger partial charge in [0.05, 0.1) is 6.20 Å². The van der Waals surface area contributed by atoms with Crippen LogP contribution in [-0.2, 0) is 16.6 Å². The maximum absolute atomic E-state index is 12.5. The van der Waals surface area contributed by atoms with Gasteiger partial charge in [0.15, 0.2) is 0 Å². The minimum absolute atomic E-state index is 0.359. The Hall–Kier alpha value is -1.89. The van der Waals surface area contributed by atoms with E-state index in [1.807, 2.05) is 0 Å². The van der Waals surface area contributed by atoms with Crippen molar-refractivity contribution in [2.24, 2.45) is 12.8 Å². The van der Waals surface area contributed by atoms with Crippen LogP contribution < -0.4 is 5.73 Å². The van der Waals surface area contributed by atoms with Gasteiger partial charge in [-0.15, -0.1) is 0 Å². The zero-order valence-corrected chi connectivity index (χ0v) is 11.7. The van der Waals surface area contributed by atoms with Gasteiger partial charge in [-0.05, 0) is 26.2 Å². The van der Waals surface area contributed by atoms with Gasteiger partial charge in [-0.25, -0.2) is 4.79 Å². The number of nitrogens with zero attached hydrogens (tertiary/aromatic N) is 3. The molecule has 0 spiro atoms. The van der Waals surface area contributed by atoms with Gasteiger partial charge in [0.25, 0.3) is 0 Å². The highest BCUT2D eigenvalue weighted by Crippen LogP contribution is 2.30. The molecule has 1 aliphatic rings. The second-order valence-corrected chi connectivity index (χ2v) is 5.45. The molecule has 1 aromatic heterocycles. The minimum atomic E-state index is -1.17. The molecule has 1 fully saturated rings. The van der Waals surface area contributed by atoms with Crippen molar-refractivity contribution in [2.75, 3.05) is 6.54 Å². The van der Waals surface area contributed by atoms with E-state index in [1.54, 1.807) is 24.9 Å². The number of piperidine rings is 1. The molecule has 0 radical (unpaired) electrons. The summed E-state index contributed by atoms with van der Waals surface area (Å²) in [7, 11) is 1.74. The fourth-order valence-electron chi connectivity index (χ4n) is 2.61. The van der Waals surface area contributed by atoms with Gasteiger partial charge in [-0.1, -0.05) is 0 Å². The third-order valence-electron chi connectivity index (χ3n) is 3.97. The lowest BCUT2D eigenvalue weighted by Gasteiger charge is -2.42. The molecule has 1 saturated heterocycles. The summed E-state index contributed by atoms with van der Waals surface area (Å²) in [6.45, 7) is 2.01. The Morgan fingerprint density at radius 2 is 2.20 bits per heavy atom. The maximum atomic E-state index is 12.5. The molecular formula is C13H20N4O3. The van der Waals surface area contributed by atoms with Crippen LogP contribution in [0.4, 0.5) is 0 Å². The monoisotopic (exact) mass is 280 g/mol. The third-order valence-corrected chi connectivity index (χ3v) is 3.97. The molecule has 20 heavy (non-hydrogen) atoms. The molecule has 0 bridgehead atoms. The van der Waals surface area contributed by atoms with E-state index < -0.39 is 17.6 Å². The van der Waals surface area contributed by atoms with Gasteiger partial charge in [-0.2, -0.15) is 5.10 Å². The summed E-state index contributed by atoms with van der Waals surface area (Å²) in [6, 6.07) is -0.875. The van der Waals surface area contributed by atoms with E-state index in [2.05, 4.69) is 5.10 Å². The molecule has 7 heteroatoms. The number of carboxylic acids is 1. The quantitative estimate of drug-likeness (QED) is 0.828. The van der Waals surface area contributed by atoms with Crippen molar-refractivity contribution in [2.45, 2.75) is 37.8 Å². The number of nitrogens with two attached hydrogens (primary N) is 1. The first-order valence-electron chi connectivity index (χ1n) is 6.65. The zero-order chi connectivity index (χ0) is 14.9. The first-order valence-corrected chi connectivity index (χ1v) is 6.65. The molecular weight excluding hydrogens is 260 g/mol. The first kappa shape index (κ1) is 14.5. The highest BCUT2D eigenvalue weighted by atomic mass is 16.4. The SMILES string of the molecule is Cn1cc(C(N)C(=O)N2CCCCC2(C)C(=O)O)cn1. The second kappa shape index (κ2) is 5.24. The fraction of sp³-hybridized carbons (Fsp3) is 0.615. The van der Waals surface area contributed by atoms with Crippen molar-refractivity contribution in [3.05, 3.63) is 18.0 Å². The van der Waals surface area contributed by atoms with Crippen LogP contribution in [0.3, 0.4) is 0 Å². The van der Waals surface area contributed by atoms with Crippen molar-refractivity contribution < 1.29 is 14.7 Å². The summed E-state index contributed by atoms with van der Waals surface area (Å²) >= 11 is 0. The lowest BCUT2D eigenvalue weighted by Crippen LogP contribution is -2.59. The molecule has 2 atom stereocenters. The Bertz CT molecular complexity index is 527. The molecule has 2 unspecified atom stereocenters. The van der Waals surface area contributed by atoms with Crippen LogP contribution in [0.15, 0.2) is 12.4 Å². The summed E-state index contributed by atoms with van der Waals surface area (Å²) in [6.07, 6.45) is 5.26. The molecule has 0 aliphatic carbocycles. The Morgan fingerprint density at radius 1 is 1.50 bits per heavy atom. The van der Waals surface area contributed by atoms with E-state index in [0.717, 1.165) is 12.8 Å². The lowest BCUT2D eigenvalue weighted by molar-refractivity contribution is -0.161. The summed E-state index contributed by atoms with van der Waals surface area (Å²) < 4.78 is 1.56. The van der Waals surface area contributed by atoms with E-state index in [-0.39, 0.29) is 5.91 Å². The summed E-state index contributed by atoms with van der Waals surface area (Å²) in [5.41, 5.74) is 5.39. The third kappa shape index (κ3) is 2.40. The number of carboxylic acid groups (broad SMARTS) is 1. The van der Waals surface area contributed by atoms with Gasteiger partial charge in [0.1, 0.15) is 11.6 Å². The Labute approximate surface area is 117 Å². The van der Waals surface area contributed by atoms with Gasteiger partial charge >= 0.3 is 5.97 Å². The van der Waals surface area contributed by atoms with Crippen LogP contribution >= 0.6 is 0 Å². The molecule has 2 rings (SSSR count). The zero-order valence-electron chi connectivity index (χ0n) is 11.7. The van der Waals surface area contributed by atoms with E-state index in [4.69, 9.17) is 5.73 Å². The van der Waals surface area contributed by atoms with E-state index in [9.17, 15) is 14.7 Å². The second-order valence-electron chi connectivity index (χ2n) is 5.45. The standard InChI is InChI=1S/C13H20N4O3/c1-13(12(19)20)5-3-4-6-17(13)11(18)10(14)9-7-15-16(2)8-9/h7-8,10H,3-6,14H2,1-2H3,(H,19,20). The van der Waals surface area contributed by atoms with Gasteiger partial charge in [-0.3, -0.25) is 9.48 Å². The average Bonchev–Trinajstić information content (AvgIpc) is 2.84. The summed E-state index contributed by atoms with van der Waals surface area (Å²) in [5, 5.41) is 13.4. The molecule has 3 N–H and O–H groups in total. The molecule has 1 aliphatic heterocycles. The van der Waals surface area contributed by atoms with Crippen molar-refractivity contribution in [1.29, 1.82) is 0 Å². The normalized spacial score (nSPS) is 24.4. The maximum Gasteiger partial charge on any atom is 0.329 e. The van der Waals surface area contributed by atoms with Crippen molar-refractivity contribution >= 4 is 11.9 Å². The van der Waals surface area contributed by atoms with Crippen molar-refractivity contribution in [1.82, 2.24) is 14.7 Å². The molecule has 1 amide bonds. The predicted octanol–water partition coefficient (Wildman–Crippen LogP) is 0.276. The van der Waals surface area contributed by atoms with Gasteiger partial charge in [0.2, 0.25) is 5.91 Å². The highest BCUT2D eigenvalue weighted by Gasteiger charge is 2.45. The molecule has 1 aromatic rings. The Kier molecular flexibility index (Phi) is 3.80. The number of aliphatic carboxylic acids is 1. The van der Waals surface area contributed by atoms with E-state index in [1.165, 1.54) is 11.1 Å². The van der Waals surface area contributed by atoms with Crippen LogP contribution in [-0.4, -0.2) is 43.7 Å². The van der Waals surface area contributed by atoms with Crippen LogP contribution in [0, 0.1) is 0 Å². The predicted molar refractivity (Wildman–Crippen MR) is 71.7 cm³/mol. The van der Waals surface area contributed by atoms with Crippen LogP contribution in [0.25, 0.3) is 0 Å². The summed E-state index contributed by atoms with van der Waals surface area (Å²) in [4.78, 5) is 25.4.